The molecule has 3 aliphatic rings. The van der Waals surface area contributed by atoms with Crippen molar-refractivity contribution < 1.29 is 13.9 Å². The predicted octanol–water partition coefficient (Wildman–Crippen LogP) is 2.32. The molecule has 0 radical (unpaired) electrons. The lowest BCUT2D eigenvalue weighted by Gasteiger charge is -2.30. The number of hydrogen-bond donors (Lipinski definition) is 1. The Hall–Kier alpha value is -1.95. The molecule has 24 heavy (non-hydrogen) atoms. The van der Waals surface area contributed by atoms with Crippen molar-refractivity contribution in [3.8, 4) is 0 Å². The monoisotopic (exact) mass is 329 g/mol. The molecule has 2 unspecified atom stereocenters. The first-order valence-corrected chi connectivity index (χ1v) is 8.72. The number of nitrogens with zero attached hydrogens (tertiary/aromatic N) is 2. The summed E-state index contributed by atoms with van der Waals surface area (Å²) >= 11 is 0. The first-order chi connectivity index (χ1) is 11.8. The Bertz CT molecular complexity index is 810. The Morgan fingerprint density at radius 2 is 2.12 bits per heavy atom. The summed E-state index contributed by atoms with van der Waals surface area (Å²) in [7, 11) is 0. The number of ether oxygens (including phenoxy) is 1. The summed E-state index contributed by atoms with van der Waals surface area (Å²) in [4.78, 5) is 20.5. The lowest BCUT2D eigenvalue weighted by Crippen LogP contribution is -2.32. The van der Waals surface area contributed by atoms with Crippen molar-refractivity contribution in [3.63, 3.8) is 0 Å². The number of carbonyl (C=O) groups is 1. The number of carbonyl (C=O) groups excluding carboxylic acids is 1. The standard InChI is InChI=1S/C18H20FN3O2/c19-13-6-20-18-17(15(13)10-1-3-22(9-23)4-2-10)16-12-8-24-7-11(12)5-14(16)21-18/h6,9-12H,1-5,7-8H2,(H,20,21). The van der Waals surface area contributed by atoms with Gasteiger partial charge in [0.15, 0.2) is 0 Å². The molecule has 2 fully saturated rings. The fourth-order valence-electron chi connectivity index (χ4n) is 4.87. The van der Waals surface area contributed by atoms with Gasteiger partial charge in [-0.05, 0) is 36.7 Å². The summed E-state index contributed by atoms with van der Waals surface area (Å²) in [5, 5.41) is 0.993. The predicted molar refractivity (Wildman–Crippen MR) is 86.4 cm³/mol. The smallest absolute Gasteiger partial charge is 0.209 e. The van der Waals surface area contributed by atoms with E-state index in [2.05, 4.69) is 9.97 Å². The average molecular weight is 329 g/mol. The molecule has 5 rings (SSSR count). The van der Waals surface area contributed by atoms with E-state index in [0.29, 0.717) is 24.9 Å². The van der Waals surface area contributed by atoms with Crippen molar-refractivity contribution in [2.45, 2.75) is 31.1 Å². The molecule has 1 N–H and O–H groups in total. The third kappa shape index (κ3) is 1.95. The maximum Gasteiger partial charge on any atom is 0.209 e. The van der Waals surface area contributed by atoms with E-state index < -0.39 is 0 Å². The lowest BCUT2D eigenvalue weighted by molar-refractivity contribution is -0.119. The van der Waals surface area contributed by atoms with Gasteiger partial charge >= 0.3 is 0 Å². The summed E-state index contributed by atoms with van der Waals surface area (Å²) < 4.78 is 20.4. The molecule has 6 heteroatoms. The Kier molecular flexibility index (Phi) is 3.16. The van der Waals surface area contributed by atoms with E-state index >= 15 is 0 Å². The number of piperidine rings is 1. The fourth-order valence-corrected chi connectivity index (χ4v) is 4.87. The number of likely N-dealkylation sites (tertiary alicyclic amines) is 1. The fraction of sp³-hybridized carbons (Fsp3) is 0.556. The molecule has 2 aromatic heterocycles. The zero-order chi connectivity index (χ0) is 16.3. The van der Waals surface area contributed by atoms with Gasteiger partial charge in [0.05, 0.1) is 19.4 Å². The van der Waals surface area contributed by atoms with Crippen molar-refractivity contribution in [2.24, 2.45) is 5.92 Å². The Morgan fingerprint density at radius 3 is 2.92 bits per heavy atom. The SMILES string of the molecule is O=CN1CCC(c2c(F)cnc3[nH]c4c(c23)C2COCC2C4)CC1. The molecule has 0 aromatic carbocycles. The number of aromatic nitrogens is 2. The lowest BCUT2D eigenvalue weighted by atomic mass is 9.85. The van der Waals surface area contributed by atoms with E-state index in [1.54, 1.807) is 4.90 Å². The number of aromatic amines is 1. The molecular formula is C18H20FN3O2. The van der Waals surface area contributed by atoms with Crippen molar-refractivity contribution in [1.82, 2.24) is 14.9 Å². The maximum atomic E-state index is 14.8. The molecule has 126 valence electrons. The highest BCUT2D eigenvalue weighted by molar-refractivity contribution is 5.87. The first-order valence-electron chi connectivity index (χ1n) is 8.72. The zero-order valence-corrected chi connectivity index (χ0v) is 13.4. The molecule has 2 aliphatic heterocycles. The van der Waals surface area contributed by atoms with Gasteiger partial charge < -0.3 is 14.6 Å². The minimum absolute atomic E-state index is 0.146. The van der Waals surface area contributed by atoms with E-state index in [1.807, 2.05) is 0 Å². The second-order valence-electron chi connectivity index (χ2n) is 7.28. The summed E-state index contributed by atoms with van der Waals surface area (Å²) in [6.07, 6.45) is 4.82. The topological polar surface area (TPSA) is 58.2 Å². The number of fused-ring (bicyclic) bond motifs is 5. The molecule has 5 nitrogen and oxygen atoms in total. The highest BCUT2D eigenvalue weighted by Gasteiger charge is 2.41. The van der Waals surface area contributed by atoms with Gasteiger partial charge in [-0.1, -0.05) is 0 Å². The molecule has 0 bridgehead atoms. The molecule has 2 aromatic rings. The molecule has 1 aliphatic carbocycles. The third-order valence-electron chi connectivity index (χ3n) is 6.06. The number of hydrogen-bond acceptors (Lipinski definition) is 3. The van der Waals surface area contributed by atoms with Gasteiger partial charge in [-0.15, -0.1) is 0 Å². The molecule has 0 saturated carbocycles. The number of nitrogens with one attached hydrogen (secondary N) is 1. The summed E-state index contributed by atoms with van der Waals surface area (Å²) in [6, 6.07) is 0. The van der Waals surface area contributed by atoms with Gasteiger partial charge in [0.25, 0.3) is 0 Å². The molecule has 1 amide bonds. The van der Waals surface area contributed by atoms with Crippen molar-refractivity contribution in [1.29, 1.82) is 0 Å². The number of rotatable bonds is 2. The van der Waals surface area contributed by atoms with Crippen LogP contribution in [0.15, 0.2) is 6.20 Å². The van der Waals surface area contributed by atoms with Crippen LogP contribution in [0.4, 0.5) is 4.39 Å². The average Bonchev–Trinajstić information content (AvgIpc) is 3.26. The summed E-state index contributed by atoms with van der Waals surface area (Å²) in [6.45, 7) is 2.91. The second kappa shape index (κ2) is 5.28. The van der Waals surface area contributed by atoms with Gasteiger partial charge in [-0.2, -0.15) is 0 Å². The van der Waals surface area contributed by atoms with E-state index in [9.17, 15) is 9.18 Å². The summed E-state index contributed by atoms with van der Waals surface area (Å²) in [5.41, 5.74) is 4.07. The van der Waals surface area contributed by atoms with Crippen molar-refractivity contribution in [3.05, 3.63) is 28.8 Å². The highest BCUT2D eigenvalue weighted by Crippen LogP contribution is 2.48. The van der Waals surface area contributed by atoms with Crippen molar-refractivity contribution >= 4 is 17.4 Å². The van der Waals surface area contributed by atoms with Crippen LogP contribution >= 0.6 is 0 Å². The normalized spacial score (nSPS) is 26.8. The zero-order valence-electron chi connectivity index (χ0n) is 13.4. The maximum absolute atomic E-state index is 14.8. The number of pyridine rings is 1. The van der Waals surface area contributed by atoms with E-state index in [0.717, 1.165) is 55.5 Å². The molecule has 4 heterocycles. The van der Waals surface area contributed by atoms with Crippen LogP contribution in [0, 0.1) is 11.7 Å². The molecule has 2 saturated heterocycles. The van der Waals surface area contributed by atoms with Gasteiger partial charge in [0.2, 0.25) is 6.41 Å². The quantitative estimate of drug-likeness (QED) is 0.860. The van der Waals surface area contributed by atoms with Crippen LogP contribution < -0.4 is 0 Å². The molecule has 0 spiro atoms. The van der Waals surface area contributed by atoms with Crippen LogP contribution in [0.3, 0.4) is 0 Å². The number of amides is 1. The highest BCUT2D eigenvalue weighted by atomic mass is 19.1. The number of halogens is 1. The van der Waals surface area contributed by atoms with Gasteiger partial charge in [-0.3, -0.25) is 4.79 Å². The summed E-state index contributed by atoms with van der Waals surface area (Å²) in [5.74, 6) is 0.819. The minimum Gasteiger partial charge on any atom is -0.380 e. The van der Waals surface area contributed by atoms with Gasteiger partial charge in [0.1, 0.15) is 11.5 Å². The minimum atomic E-state index is -0.212. The molecule has 2 atom stereocenters. The Balaban J connectivity index is 1.63. The van der Waals surface area contributed by atoms with Crippen LogP contribution in [-0.2, 0) is 16.0 Å². The second-order valence-corrected chi connectivity index (χ2v) is 7.28. The van der Waals surface area contributed by atoms with Crippen LogP contribution in [0.1, 0.15) is 41.5 Å². The van der Waals surface area contributed by atoms with E-state index in [4.69, 9.17) is 4.74 Å². The van der Waals surface area contributed by atoms with E-state index in [1.165, 1.54) is 17.5 Å². The Morgan fingerprint density at radius 1 is 1.29 bits per heavy atom. The van der Waals surface area contributed by atoms with Crippen LogP contribution in [0.25, 0.3) is 11.0 Å². The largest absolute Gasteiger partial charge is 0.380 e. The van der Waals surface area contributed by atoms with Gasteiger partial charge in [-0.25, -0.2) is 9.37 Å². The third-order valence-corrected chi connectivity index (χ3v) is 6.06. The van der Waals surface area contributed by atoms with Gasteiger partial charge in [0, 0.05) is 35.7 Å². The number of H-pyrrole nitrogens is 1. The van der Waals surface area contributed by atoms with Crippen LogP contribution in [0.5, 0.6) is 0 Å². The molecular weight excluding hydrogens is 309 g/mol. The van der Waals surface area contributed by atoms with Crippen LogP contribution in [-0.4, -0.2) is 47.6 Å². The van der Waals surface area contributed by atoms with Crippen molar-refractivity contribution in [2.75, 3.05) is 26.3 Å². The Labute approximate surface area is 139 Å². The first kappa shape index (κ1) is 14.4. The van der Waals surface area contributed by atoms with E-state index in [-0.39, 0.29) is 11.7 Å². The van der Waals surface area contributed by atoms with Crippen LogP contribution in [0.2, 0.25) is 0 Å².